The van der Waals surface area contributed by atoms with Crippen molar-refractivity contribution >= 4 is 22.9 Å². The molecule has 0 radical (unpaired) electrons. The van der Waals surface area contributed by atoms with Gasteiger partial charge in [0.2, 0.25) is 12.4 Å². The van der Waals surface area contributed by atoms with Gasteiger partial charge in [0, 0.05) is 29.9 Å². The molecule has 3 heterocycles. The molecule has 3 aromatic heterocycles. The Morgan fingerprint density at radius 1 is 1.14 bits per heavy atom. The van der Waals surface area contributed by atoms with E-state index in [2.05, 4.69) is 20.1 Å². The van der Waals surface area contributed by atoms with E-state index in [1.54, 1.807) is 10.7 Å². The van der Waals surface area contributed by atoms with Gasteiger partial charge in [0.1, 0.15) is 0 Å². The van der Waals surface area contributed by atoms with Gasteiger partial charge in [-0.25, -0.2) is 18.3 Å². The minimum absolute atomic E-state index is 0.0278. The number of aliphatic imine (C=N–C) groups is 1. The molecule has 7 nitrogen and oxygen atoms in total. The number of nitrogens with zero attached hydrogens (tertiary/aromatic N) is 5. The van der Waals surface area contributed by atoms with Gasteiger partial charge in [-0.1, -0.05) is 40.0 Å². The largest absolute Gasteiger partial charge is 0.367 e. The maximum Gasteiger partial charge on any atom is 0.238 e. The van der Waals surface area contributed by atoms with Gasteiger partial charge >= 0.3 is 0 Å². The van der Waals surface area contributed by atoms with Crippen molar-refractivity contribution in [1.29, 1.82) is 0 Å². The molecule has 0 bridgehead atoms. The Kier molecular flexibility index (Phi) is 13.6. The first kappa shape index (κ1) is 30.1. The standard InChI is InChI=1S/C15H16N6.C6H13N.C3H6F2.C2H6/c1-9(2)18-12-4-5-13(19-10(12)3)11-6-7-21-14(11)8-17-15(16)20-21;7-6-4-2-1-3-5-6;1-2-3(4)5;1-2/h4-8H,1-3H3,(H2,16,20);6H,1-5,7H2;3H,2H2,1H3;1-2H3. The third kappa shape index (κ3) is 10.5. The Morgan fingerprint density at radius 3 is 2.26 bits per heavy atom. The number of hydrogen-bond donors (Lipinski definition) is 2. The summed E-state index contributed by atoms with van der Waals surface area (Å²) in [5.41, 5.74) is 16.7. The van der Waals surface area contributed by atoms with Crippen LogP contribution in [0.2, 0.25) is 0 Å². The van der Waals surface area contributed by atoms with E-state index in [0.717, 1.165) is 33.9 Å². The second-order valence-electron chi connectivity index (χ2n) is 8.23. The van der Waals surface area contributed by atoms with Gasteiger partial charge in [-0.2, -0.15) is 0 Å². The van der Waals surface area contributed by atoms with E-state index in [9.17, 15) is 8.78 Å². The van der Waals surface area contributed by atoms with E-state index in [1.807, 2.05) is 59.0 Å². The molecule has 0 spiro atoms. The van der Waals surface area contributed by atoms with Crippen molar-refractivity contribution in [3.8, 4) is 11.3 Å². The summed E-state index contributed by atoms with van der Waals surface area (Å²) in [6, 6.07) is 6.43. The second kappa shape index (κ2) is 15.9. The maximum atomic E-state index is 10.8. The highest BCUT2D eigenvalue weighted by atomic mass is 19.3. The summed E-state index contributed by atoms with van der Waals surface area (Å²) in [4.78, 5) is 13.1. The van der Waals surface area contributed by atoms with Crippen LogP contribution >= 0.6 is 0 Å². The van der Waals surface area contributed by atoms with Gasteiger partial charge in [0.15, 0.2) is 0 Å². The molecule has 0 aromatic carbocycles. The van der Waals surface area contributed by atoms with Crippen LogP contribution in [0.15, 0.2) is 35.6 Å². The van der Waals surface area contributed by atoms with Crippen LogP contribution in [-0.4, -0.2) is 37.8 Å². The topological polar surface area (TPSA) is 107 Å². The predicted molar refractivity (Wildman–Crippen MR) is 143 cm³/mol. The molecular formula is C26H41F2N7. The molecule has 1 fully saturated rings. The van der Waals surface area contributed by atoms with Crippen molar-refractivity contribution in [2.75, 3.05) is 5.73 Å². The van der Waals surface area contributed by atoms with E-state index < -0.39 is 6.43 Å². The fraction of sp³-hybridized carbons (Fsp3) is 0.538. The van der Waals surface area contributed by atoms with Gasteiger partial charge < -0.3 is 11.5 Å². The number of rotatable bonds is 3. The summed E-state index contributed by atoms with van der Waals surface area (Å²) in [5, 5.41) is 4.13. The fourth-order valence-corrected chi connectivity index (χ4v) is 3.33. The normalized spacial score (nSPS) is 13.1. The lowest BCUT2D eigenvalue weighted by Gasteiger charge is -2.15. The summed E-state index contributed by atoms with van der Waals surface area (Å²) in [7, 11) is 0. The molecule has 0 saturated heterocycles. The summed E-state index contributed by atoms with van der Waals surface area (Å²) in [6.07, 6.45) is 8.07. The first-order valence-corrected chi connectivity index (χ1v) is 12.3. The molecule has 0 atom stereocenters. The highest BCUT2D eigenvalue weighted by molar-refractivity contribution is 5.83. The van der Waals surface area contributed by atoms with E-state index in [1.165, 1.54) is 39.0 Å². The summed E-state index contributed by atoms with van der Waals surface area (Å²) in [5.74, 6) is 0.247. The number of aryl methyl sites for hydroxylation is 1. The first-order valence-electron chi connectivity index (χ1n) is 12.3. The predicted octanol–water partition coefficient (Wildman–Crippen LogP) is 6.76. The number of halogens is 2. The van der Waals surface area contributed by atoms with Crippen molar-refractivity contribution in [3.05, 3.63) is 36.3 Å². The molecule has 0 amide bonds. The molecule has 0 unspecified atom stereocenters. The zero-order valence-corrected chi connectivity index (χ0v) is 21.9. The van der Waals surface area contributed by atoms with Gasteiger partial charge in [-0.15, -0.1) is 5.10 Å². The second-order valence-corrected chi connectivity index (χ2v) is 8.23. The van der Waals surface area contributed by atoms with Crippen LogP contribution in [-0.2, 0) is 0 Å². The molecule has 9 heteroatoms. The van der Waals surface area contributed by atoms with Crippen LogP contribution in [0.3, 0.4) is 0 Å². The molecule has 35 heavy (non-hydrogen) atoms. The fourth-order valence-electron chi connectivity index (χ4n) is 3.33. The number of fused-ring (bicyclic) bond motifs is 1. The molecule has 4 N–H and O–H groups in total. The van der Waals surface area contributed by atoms with E-state index >= 15 is 0 Å². The smallest absolute Gasteiger partial charge is 0.238 e. The molecule has 1 saturated carbocycles. The van der Waals surface area contributed by atoms with Gasteiger partial charge in [0.25, 0.3) is 0 Å². The Bertz CT molecular complexity index is 1040. The Morgan fingerprint density at radius 2 is 1.77 bits per heavy atom. The average molecular weight is 490 g/mol. The monoisotopic (exact) mass is 489 g/mol. The minimum atomic E-state index is -2.12. The summed E-state index contributed by atoms with van der Waals surface area (Å²) < 4.78 is 23.2. The number of alkyl halides is 2. The molecule has 1 aliphatic carbocycles. The lowest BCUT2D eigenvalue weighted by Crippen LogP contribution is -2.22. The van der Waals surface area contributed by atoms with Crippen LogP contribution in [0.25, 0.3) is 16.8 Å². The van der Waals surface area contributed by atoms with Crippen LogP contribution in [0, 0.1) is 6.92 Å². The quantitative estimate of drug-likeness (QED) is 0.395. The molecular weight excluding hydrogens is 448 g/mol. The van der Waals surface area contributed by atoms with E-state index in [-0.39, 0.29) is 12.4 Å². The van der Waals surface area contributed by atoms with Gasteiger partial charge in [0.05, 0.1) is 28.8 Å². The molecule has 4 rings (SSSR count). The highest BCUT2D eigenvalue weighted by Gasteiger charge is 2.10. The zero-order valence-electron chi connectivity index (χ0n) is 21.9. The summed E-state index contributed by atoms with van der Waals surface area (Å²) in [6.45, 7) is 11.3. The molecule has 0 aliphatic heterocycles. The highest BCUT2D eigenvalue weighted by Crippen LogP contribution is 2.27. The van der Waals surface area contributed by atoms with Crippen LogP contribution < -0.4 is 11.5 Å². The van der Waals surface area contributed by atoms with Crippen LogP contribution in [0.5, 0.6) is 0 Å². The average Bonchev–Trinajstić information content (AvgIpc) is 3.26. The number of nitrogen functional groups attached to an aromatic ring is 1. The first-order chi connectivity index (χ1) is 16.7. The lowest BCUT2D eigenvalue weighted by molar-refractivity contribution is 0.144. The van der Waals surface area contributed by atoms with Gasteiger partial charge in [-0.05, 0) is 51.8 Å². The van der Waals surface area contributed by atoms with Crippen molar-refractivity contribution in [1.82, 2.24) is 19.6 Å². The van der Waals surface area contributed by atoms with Crippen molar-refractivity contribution in [2.45, 2.75) is 92.5 Å². The number of aromatic nitrogens is 4. The number of nitrogens with two attached hydrogens (primary N) is 2. The molecule has 3 aromatic rings. The lowest BCUT2D eigenvalue weighted by atomic mass is 9.97. The van der Waals surface area contributed by atoms with Crippen molar-refractivity contribution in [2.24, 2.45) is 10.7 Å². The maximum absolute atomic E-state index is 10.8. The Hall–Kier alpha value is -2.94. The number of anilines is 1. The van der Waals surface area contributed by atoms with Crippen molar-refractivity contribution < 1.29 is 8.78 Å². The Labute approximate surface area is 208 Å². The zero-order chi connectivity index (χ0) is 26.4. The third-order valence-electron chi connectivity index (χ3n) is 5.07. The molecule has 194 valence electrons. The number of pyridine rings is 1. The SMILES string of the molecule is CC.CC(C)=Nc1ccc(-c2ccn3nc(N)ncc23)nc1C.CCC(F)F.NC1CCCCC1. The number of hydrogen-bond acceptors (Lipinski definition) is 6. The minimum Gasteiger partial charge on any atom is -0.367 e. The van der Waals surface area contributed by atoms with E-state index in [0.29, 0.717) is 6.04 Å². The Balaban J connectivity index is 0.000000360. The van der Waals surface area contributed by atoms with Crippen LogP contribution in [0.1, 0.15) is 78.8 Å². The summed E-state index contributed by atoms with van der Waals surface area (Å²) >= 11 is 0. The molecule has 1 aliphatic rings. The van der Waals surface area contributed by atoms with Gasteiger partial charge in [-0.3, -0.25) is 9.98 Å². The van der Waals surface area contributed by atoms with E-state index in [4.69, 9.17) is 11.5 Å². The third-order valence-corrected chi connectivity index (χ3v) is 5.07. The van der Waals surface area contributed by atoms with Crippen molar-refractivity contribution in [3.63, 3.8) is 0 Å². The van der Waals surface area contributed by atoms with Crippen LogP contribution in [0.4, 0.5) is 20.4 Å².